The van der Waals surface area contributed by atoms with E-state index >= 15 is 0 Å². The molecule has 0 spiro atoms. The summed E-state index contributed by atoms with van der Waals surface area (Å²) in [5.41, 5.74) is 1.38. The zero-order valence-corrected chi connectivity index (χ0v) is 12.7. The molecule has 0 radical (unpaired) electrons. The second-order valence-corrected chi connectivity index (χ2v) is 6.28. The van der Waals surface area contributed by atoms with Gasteiger partial charge >= 0.3 is 5.97 Å². The van der Waals surface area contributed by atoms with E-state index in [9.17, 15) is 4.79 Å². The van der Waals surface area contributed by atoms with Gasteiger partial charge in [0.05, 0.1) is 19.3 Å². The zero-order chi connectivity index (χ0) is 14.2. The highest BCUT2D eigenvalue weighted by Crippen LogP contribution is 2.53. The molecule has 0 saturated carbocycles. The van der Waals surface area contributed by atoms with Crippen LogP contribution in [0, 0.1) is 23.2 Å². The molecule has 3 heteroatoms. The highest BCUT2D eigenvalue weighted by Gasteiger charge is 2.53. The average Bonchev–Trinajstić information content (AvgIpc) is 2.34. The Labute approximate surface area is 116 Å². The molecule has 3 nitrogen and oxygen atoms in total. The van der Waals surface area contributed by atoms with Gasteiger partial charge in [0.15, 0.2) is 0 Å². The lowest BCUT2D eigenvalue weighted by molar-refractivity contribution is -0.179. The first-order valence-corrected chi connectivity index (χ1v) is 7.35. The summed E-state index contributed by atoms with van der Waals surface area (Å²) in [5.74, 6) is 1.14. The van der Waals surface area contributed by atoms with Crippen LogP contribution in [0.5, 0.6) is 0 Å². The van der Waals surface area contributed by atoms with E-state index in [0.717, 1.165) is 6.42 Å². The van der Waals surface area contributed by atoms with Crippen molar-refractivity contribution in [3.8, 4) is 0 Å². The largest absolute Gasteiger partial charge is 0.465 e. The molecule has 0 unspecified atom stereocenters. The van der Waals surface area contributed by atoms with Gasteiger partial charge in [-0.15, -0.1) is 0 Å². The molecule has 0 aromatic heterocycles. The molecule has 1 aliphatic carbocycles. The molecule has 5 atom stereocenters. The lowest BCUT2D eigenvalue weighted by Gasteiger charge is -2.55. The molecule has 0 aromatic carbocycles. The highest BCUT2D eigenvalue weighted by atomic mass is 16.5. The maximum Gasteiger partial charge on any atom is 0.302 e. The Balaban J connectivity index is 2.31. The number of hydrogen-bond acceptors (Lipinski definition) is 3. The van der Waals surface area contributed by atoms with Crippen molar-refractivity contribution in [2.45, 2.75) is 47.1 Å². The second kappa shape index (κ2) is 5.28. The number of esters is 1. The number of carbonyl (C=O) groups excluding carboxylic acids is 1. The normalized spacial score (nSPS) is 41.6. The third-order valence-corrected chi connectivity index (χ3v) is 5.30. The van der Waals surface area contributed by atoms with Crippen molar-refractivity contribution in [3.63, 3.8) is 0 Å². The van der Waals surface area contributed by atoms with Crippen LogP contribution in [-0.4, -0.2) is 25.3 Å². The minimum absolute atomic E-state index is 0.0541. The van der Waals surface area contributed by atoms with E-state index in [4.69, 9.17) is 9.47 Å². The Bertz CT molecular complexity index is 387. The van der Waals surface area contributed by atoms with Crippen molar-refractivity contribution in [3.05, 3.63) is 11.6 Å². The maximum atomic E-state index is 11.2. The number of rotatable bonds is 3. The van der Waals surface area contributed by atoms with E-state index in [1.165, 1.54) is 12.5 Å². The number of ether oxygens (including phenoxy) is 2. The van der Waals surface area contributed by atoms with Crippen LogP contribution < -0.4 is 0 Å². The van der Waals surface area contributed by atoms with Gasteiger partial charge in [0.2, 0.25) is 0 Å². The van der Waals surface area contributed by atoms with Gasteiger partial charge in [-0.1, -0.05) is 32.4 Å². The molecule has 108 valence electrons. The summed E-state index contributed by atoms with van der Waals surface area (Å²) >= 11 is 0. The Morgan fingerprint density at radius 1 is 1.53 bits per heavy atom. The first-order valence-electron chi connectivity index (χ1n) is 7.35. The molecular formula is C16H26O3. The van der Waals surface area contributed by atoms with Gasteiger partial charge in [0.25, 0.3) is 0 Å². The average molecular weight is 266 g/mol. The predicted molar refractivity (Wildman–Crippen MR) is 74.7 cm³/mol. The summed E-state index contributed by atoms with van der Waals surface area (Å²) in [4.78, 5) is 11.2. The minimum Gasteiger partial charge on any atom is -0.465 e. The summed E-state index contributed by atoms with van der Waals surface area (Å²) in [6, 6.07) is 0. The van der Waals surface area contributed by atoms with Gasteiger partial charge in [0.1, 0.15) is 0 Å². The molecule has 1 aliphatic heterocycles. The van der Waals surface area contributed by atoms with Crippen LogP contribution in [-0.2, 0) is 14.3 Å². The van der Waals surface area contributed by atoms with Gasteiger partial charge in [-0.2, -0.15) is 0 Å². The van der Waals surface area contributed by atoms with E-state index in [-0.39, 0.29) is 11.4 Å². The third kappa shape index (κ3) is 2.33. The van der Waals surface area contributed by atoms with Gasteiger partial charge < -0.3 is 9.47 Å². The van der Waals surface area contributed by atoms with Gasteiger partial charge in [0, 0.05) is 18.3 Å². The van der Waals surface area contributed by atoms with Crippen LogP contribution in [0.15, 0.2) is 11.6 Å². The molecule has 0 aromatic rings. The number of allylic oxidation sites excluding steroid dienone is 1. The second-order valence-electron chi connectivity index (χ2n) is 6.28. The van der Waals surface area contributed by atoms with Crippen LogP contribution in [0.2, 0.25) is 0 Å². The van der Waals surface area contributed by atoms with E-state index in [2.05, 4.69) is 33.8 Å². The Hall–Kier alpha value is -0.830. The van der Waals surface area contributed by atoms with Crippen LogP contribution >= 0.6 is 0 Å². The van der Waals surface area contributed by atoms with E-state index in [0.29, 0.717) is 37.1 Å². The fourth-order valence-corrected chi connectivity index (χ4v) is 3.99. The van der Waals surface area contributed by atoms with E-state index in [1.807, 2.05) is 0 Å². The lowest BCUT2D eigenvalue weighted by Crippen LogP contribution is -2.56. The van der Waals surface area contributed by atoms with Crippen molar-refractivity contribution < 1.29 is 14.3 Å². The molecule has 2 aliphatic rings. The SMILES string of the molecule is CC[C@@H]1OC[C@]2(COC(C)=O)[C@@H](C)C=C(C)[C@H]1[C@@H]2C. The summed E-state index contributed by atoms with van der Waals surface area (Å²) in [7, 11) is 0. The maximum absolute atomic E-state index is 11.2. The quantitative estimate of drug-likeness (QED) is 0.581. The van der Waals surface area contributed by atoms with E-state index < -0.39 is 0 Å². The van der Waals surface area contributed by atoms with Crippen LogP contribution in [0.4, 0.5) is 0 Å². The zero-order valence-electron chi connectivity index (χ0n) is 12.7. The summed E-state index contributed by atoms with van der Waals surface area (Å²) in [5, 5.41) is 0. The summed E-state index contributed by atoms with van der Waals surface area (Å²) in [6.07, 6.45) is 3.71. The summed E-state index contributed by atoms with van der Waals surface area (Å²) in [6.45, 7) is 11.6. The fourth-order valence-electron chi connectivity index (χ4n) is 3.99. The smallest absolute Gasteiger partial charge is 0.302 e. The Kier molecular flexibility index (Phi) is 4.05. The molecule has 0 N–H and O–H groups in total. The van der Waals surface area contributed by atoms with Gasteiger partial charge in [-0.05, 0) is 25.2 Å². The van der Waals surface area contributed by atoms with Crippen molar-refractivity contribution in [2.24, 2.45) is 23.2 Å². The molecule has 19 heavy (non-hydrogen) atoms. The molecular weight excluding hydrogens is 240 g/mol. The molecule has 2 bridgehead atoms. The molecule has 1 fully saturated rings. The minimum atomic E-state index is -0.200. The fraction of sp³-hybridized carbons (Fsp3) is 0.812. The first-order chi connectivity index (χ1) is 8.92. The Morgan fingerprint density at radius 3 is 2.79 bits per heavy atom. The number of carbonyl (C=O) groups is 1. The molecule has 1 heterocycles. The third-order valence-electron chi connectivity index (χ3n) is 5.30. The van der Waals surface area contributed by atoms with E-state index in [1.54, 1.807) is 0 Å². The topological polar surface area (TPSA) is 35.5 Å². The van der Waals surface area contributed by atoms with Gasteiger partial charge in [-0.25, -0.2) is 0 Å². The van der Waals surface area contributed by atoms with Crippen LogP contribution in [0.3, 0.4) is 0 Å². The lowest BCUT2D eigenvalue weighted by atomic mass is 9.56. The monoisotopic (exact) mass is 266 g/mol. The Morgan fingerprint density at radius 2 is 2.21 bits per heavy atom. The number of hydrogen-bond donors (Lipinski definition) is 0. The van der Waals surface area contributed by atoms with Crippen molar-refractivity contribution in [1.82, 2.24) is 0 Å². The first kappa shape index (κ1) is 14.6. The molecule has 1 saturated heterocycles. The van der Waals surface area contributed by atoms with Crippen LogP contribution in [0.25, 0.3) is 0 Å². The predicted octanol–water partition coefficient (Wildman–Crippen LogP) is 3.19. The van der Waals surface area contributed by atoms with Gasteiger partial charge in [-0.3, -0.25) is 4.79 Å². The van der Waals surface area contributed by atoms with Crippen LogP contribution in [0.1, 0.15) is 41.0 Å². The number of fused-ring (bicyclic) bond motifs is 2. The van der Waals surface area contributed by atoms with Crippen molar-refractivity contribution >= 4 is 5.97 Å². The highest BCUT2D eigenvalue weighted by molar-refractivity contribution is 5.65. The molecule has 2 rings (SSSR count). The van der Waals surface area contributed by atoms with Crippen molar-refractivity contribution in [1.29, 1.82) is 0 Å². The summed E-state index contributed by atoms with van der Waals surface area (Å²) < 4.78 is 11.5. The standard InChI is InChI=1S/C16H26O3/c1-6-14-15-10(2)7-11(3)16(9-19-14,12(15)4)8-18-13(5)17/h7,11-12,14-15H,6,8-9H2,1-5H3/t11-,12-,14-,15-,16+/m0/s1. The van der Waals surface area contributed by atoms with Crippen molar-refractivity contribution in [2.75, 3.05) is 13.2 Å². The molecule has 0 amide bonds.